The van der Waals surface area contributed by atoms with Gasteiger partial charge in [0.25, 0.3) is 0 Å². The molecule has 0 saturated carbocycles. The van der Waals surface area contributed by atoms with Gasteiger partial charge < -0.3 is 14.9 Å². The molecule has 1 heterocycles. The maximum atomic E-state index is 11.6. The Morgan fingerprint density at radius 2 is 1.03 bits per heavy atom. The Morgan fingerprint density at radius 1 is 0.645 bits per heavy atom. The lowest BCUT2D eigenvalue weighted by Gasteiger charge is -2.30. The molecule has 0 spiro atoms. The first-order chi connectivity index (χ1) is 14.8. The second kappa shape index (κ2) is 8.14. The number of hydrogen-bond acceptors (Lipinski definition) is 3. The predicted octanol–water partition coefficient (Wildman–Crippen LogP) is 6.75. The SMILES string of the molecule is Cc1cc(C)c(N2CCN(c3c(C)cc(C)cc3C)C2=C(O)c2ccccc2)c(C)c1. The maximum Gasteiger partial charge on any atom is 0.164 e. The second-order valence-electron chi connectivity index (χ2n) is 8.84. The number of benzene rings is 3. The Morgan fingerprint density at radius 3 is 1.42 bits per heavy atom. The van der Waals surface area contributed by atoms with Gasteiger partial charge in [-0.15, -0.1) is 0 Å². The van der Waals surface area contributed by atoms with Crippen LogP contribution in [0.3, 0.4) is 0 Å². The van der Waals surface area contributed by atoms with Gasteiger partial charge in [0, 0.05) is 30.0 Å². The van der Waals surface area contributed by atoms with Crippen LogP contribution in [0.2, 0.25) is 0 Å². The molecule has 0 amide bonds. The van der Waals surface area contributed by atoms with E-state index in [1.54, 1.807) is 0 Å². The van der Waals surface area contributed by atoms with Crippen LogP contribution in [-0.2, 0) is 0 Å². The second-order valence-corrected chi connectivity index (χ2v) is 8.84. The van der Waals surface area contributed by atoms with E-state index in [0.717, 1.165) is 24.5 Å². The summed E-state index contributed by atoms with van der Waals surface area (Å²) in [4.78, 5) is 4.59. The molecule has 3 aromatic carbocycles. The quantitative estimate of drug-likeness (QED) is 0.482. The zero-order valence-corrected chi connectivity index (χ0v) is 19.5. The van der Waals surface area contributed by atoms with E-state index < -0.39 is 0 Å². The van der Waals surface area contributed by atoms with E-state index in [-0.39, 0.29) is 0 Å². The van der Waals surface area contributed by atoms with Crippen molar-refractivity contribution in [3.63, 3.8) is 0 Å². The standard InChI is InChI=1S/C28H32N2O/c1-18-14-20(3)25(21(4)15-18)29-12-13-30(26-22(5)16-19(2)17-23(26)6)28(29)27(31)24-10-8-7-9-11-24/h7-11,14-17,31H,12-13H2,1-6H3. The fourth-order valence-electron chi connectivity index (χ4n) is 5.17. The summed E-state index contributed by atoms with van der Waals surface area (Å²) in [6.07, 6.45) is 0. The molecule has 3 nitrogen and oxygen atoms in total. The lowest BCUT2D eigenvalue weighted by Crippen LogP contribution is -2.26. The Balaban J connectivity index is 1.95. The van der Waals surface area contributed by atoms with E-state index in [1.807, 2.05) is 30.3 Å². The lowest BCUT2D eigenvalue weighted by atomic mass is 10.0. The van der Waals surface area contributed by atoms with Crippen LogP contribution >= 0.6 is 0 Å². The molecule has 3 aromatic rings. The highest BCUT2D eigenvalue weighted by Crippen LogP contribution is 2.40. The first kappa shape index (κ1) is 21.0. The molecule has 0 radical (unpaired) electrons. The number of hydrogen-bond donors (Lipinski definition) is 1. The maximum absolute atomic E-state index is 11.6. The summed E-state index contributed by atoms with van der Waals surface area (Å²) < 4.78 is 0. The zero-order valence-electron chi connectivity index (χ0n) is 19.5. The van der Waals surface area contributed by atoms with Gasteiger partial charge in [-0.2, -0.15) is 0 Å². The molecule has 1 N–H and O–H groups in total. The first-order valence-corrected chi connectivity index (χ1v) is 11.0. The van der Waals surface area contributed by atoms with Gasteiger partial charge in [-0.05, 0) is 63.8 Å². The van der Waals surface area contributed by atoms with Gasteiger partial charge in [-0.1, -0.05) is 65.7 Å². The van der Waals surface area contributed by atoms with Crippen LogP contribution in [0.4, 0.5) is 11.4 Å². The van der Waals surface area contributed by atoms with Gasteiger partial charge in [0.2, 0.25) is 0 Å². The molecule has 1 saturated heterocycles. The monoisotopic (exact) mass is 412 g/mol. The Bertz CT molecular complexity index is 1050. The minimum atomic E-state index is 0.317. The average molecular weight is 413 g/mol. The van der Waals surface area contributed by atoms with Crippen LogP contribution in [0.1, 0.15) is 38.9 Å². The smallest absolute Gasteiger partial charge is 0.164 e. The molecule has 1 aliphatic heterocycles. The van der Waals surface area contributed by atoms with Crippen molar-refractivity contribution in [3.8, 4) is 0 Å². The molecule has 31 heavy (non-hydrogen) atoms. The van der Waals surface area contributed by atoms with Crippen molar-refractivity contribution in [2.45, 2.75) is 41.5 Å². The minimum absolute atomic E-state index is 0.317. The largest absolute Gasteiger partial charge is 0.504 e. The van der Waals surface area contributed by atoms with Crippen molar-refractivity contribution in [2.24, 2.45) is 0 Å². The highest BCUT2D eigenvalue weighted by atomic mass is 16.3. The average Bonchev–Trinajstić information content (AvgIpc) is 3.10. The Kier molecular flexibility index (Phi) is 5.53. The van der Waals surface area contributed by atoms with Crippen molar-refractivity contribution in [3.05, 3.63) is 99.4 Å². The van der Waals surface area contributed by atoms with Crippen LogP contribution in [0.15, 0.2) is 60.4 Å². The van der Waals surface area contributed by atoms with Crippen molar-refractivity contribution < 1.29 is 5.11 Å². The molecule has 0 atom stereocenters. The molecule has 0 unspecified atom stereocenters. The summed E-state index contributed by atoms with van der Waals surface area (Å²) in [5.41, 5.74) is 10.7. The lowest BCUT2D eigenvalue weighted by molar-refractivity contribution is 0.504. The highest BCUT2D eigenvalue weighted by molar-refractivity contribution is 5.80. The summed E-state index contributed by atoms with van der Waals surface area (Å²) >= 11 is 0. The van der Waals surface area contributed by atoms with Gasteiger partial charge in [-0.3, -0.25) is 0 Å². The van der Waals surface area contributed by atoms with E-state index in [9.17, 15) is 5.11 Å². The molecule has 4 rings (SSSR count). The first-order valence-electron chi connectivity index (χ1n) is 11.0. The zero-order chi connectivity index (χ0) is 22.3. The van der Waals surface area contributed by atoms with Crippen LogP contribution < -0.4 is 9.80 Å². The van der Waals surface area contributed by atoms with Gasteiger partial charge in [0.05, 0.1) is 0 Å². The van der Waals surface area contributed by atoms with Crippen molar-refractivity contribution in [1.82, 2.24) is 0 Å². The third-order valence-electron chi connectivity index (χ3n) is 6.13. The van der Waals surface area contributed by atoms with E-state index in [0.29, 0.717) is 5.76 Å². The van der Waals surface area contributed by atoms with E-state index in [4.69, 9.17) is 0 Å². The minimum Gasteiger partial charge on any atom is -0.504 e. The molecular weight excluding hydrogens is 380 g/mol. The van der Waals surface area contributed by atoms with Gasteiger partial charge >= 0.3 is 0 Å². The molecule has 0 aromatic heterocycles. The van der Waals surface area contributed by atoms with Crippen molar-refractivity contribution >= 4 is 17.1 Å². The number of rotatable bonds is 3. The Labute approximate surface area is 186 Å². The van der Waals surface area contributed by atoms with Crippen molar-refractivity contribution in [1.29, 1.82) is 0 Å². The predicted molar refractivity (Wildman–Crippen MR) is 132 cm³/mol. The normalized spacial score (nSPS) is 13.8. The fraction of sp³-hybridized carbons (Fsp3) is 0.286. The molecule has 1 fully saturated rings. The van der Waals surface area contributed by atoms with Crippen LogP contribution in [0, 0.1) is 41.5 Å². The summed E-state index contributed by atoms with van der Waals surface area (Å²) in [6, 6.07) is 18.8. The summed E-state index contributed by atoms with van der Waals surface area (Å²) in [5.74, 6) is 1.17. The molecule has 0 bridgehead atoms. The summed E-state index contributed by atoms with van der Waals surface area (Å²) in [5, 5.41) is 11.6. The number of aryl methyl sites for hydroxylation is 6. The van der Waals surface area contributed by atoms with Crippen molar-refractivity contribution in [2.75, 3.05) is 22.9 Å². The number of aliphatic hydroxyl groups excluding tert-OH is 1. The van der Waals surface area contributed by atoms with Gasteiger partial charge in [-0.25, -0.2) is 0 Å². The van der Waals surface area contributed by atoms with Gasteiger partial charge in [0.15, 0.2) is 11.6 Å². The van der Waals surface area contributed by atoms with E-state index >= 15 is 0 Å². The summed E-state index contributed by atoms with van der Waals surface area (Å²) in [7, 11) is 0. The van der Waals surface area contributed by atoms with Crippen LogP contribution in [0.25, 0.3) is 5.76 Å². The number of aliphatic hydroxyl groups is 1. The molecular formula is C28H32N2O. The van der Waals surface area contributed by atoms with E-state index in [1.165, 1.54) is 44.8 Å². The third kappa shape index (κ3) is 3.81. The van der Waals surface area contributed by atoms with Crippen LogP contribution in [-0.4, -0.2) is 18.2 Å². The molecule has 0 aliphatic carbocycles. The fourth-order valence-corrected chi connectivity index (χ4v) is 5.17. The van der Waals surface area contributed by atoms with E-state index in [2.05, 4.69) is 75.6 Å². The molecule has 3 heteroatoms. The topological polar surface area (TPSA) is 26.7 Å². The van der Waals surface area contributed by atoms with Gasteiger partial charge in [0.1, 0.15) is 0 Å². The van der Waals surface area contributed by atoms with Crippen LogP contribution in [0.5, 0.6) is 0 Å². The third-order valence-corrected chi connectivity index (χ3v) is 6.13. The highest BCUT2D eigenvalue weighted by Gasteiger charge is 2.34. The number of anilines is 2. The molecule has 1 aliphatic rings. The summed E-state index contributed by atoms with van der Waals surface area (Å²) in [6.45, 7) is 14.6. The molecule has 160 valence electrons. The number of nitrogens with zero attached hydrogens (tertiary/aromatic N) is 2. The Hall–Kier alpha value is -3.20.